The highest BCUT2D eigenvalue weighted by Gasteiger charge is 2.24. The van der Waals surface area contributed by atoms with Crippen molar-refractivity contribution < 1.29 is 30.7 Å². The summed E-state index contributed by atoms with van der Waals surface area (Å²) in [5.74, 6) is 4.81. The van der Waals surface area contributed by atoms with Gasteiger partial charge in [0.15, 0.2) is 0 Å². The Labute approximate surface area is 207 Å². The Hall–Kier alpha value is -2.68. The second kappa shape index (κ2) is 9.41. The number of carbonyl (C=O) groups excluding carboxylic acids is 1. The molecule has 0 unspecified atom stereocenters. The van der Waals surface area contributed by atoms with E-state index in [1.807, 2.05) is 0 Å². The van der Waals surface area contributed by atoms with Crippen molar-refractivity contribution in [3.63, 3.8) is 0 Å². The van der Waals surface area contributed by atoms with Gasteiger partial charge in [-0.05, 0) is 35.7 Å². The van der Waals surface area contributed by atoms with Gasteiger partial charge in [-0.1, -0.05) is 30.7 Å². The van der Waals surface area contributed by atoms with Crippen molar-refractivity contribution in [2.45, 2.75) is 40.4 Å². The number of rotatable bonds is 9. The summed E-state index contributed by atoms with van der Waals surface area (Å²) in [4.78, 5) is 10.8. The van der Waals surface area contributed by atoms with Crippen molar-refractivity contribution in [3.05, 3.63) is 36.4 Å². The molecule has 0 fully saturated rings. The normalized spacial score (nSPS) is 12.6. The number of nitrogens with two attached hydrogens (primary N) is 1. The van der Waals surface area contributed by atoms with Gasteiger partial charge in [-0.3, -0.25) is 19.3 Å². The highest BCUT2D eigenvalue weighted by molar-refractivity contribution is 7.86. The minimum Gasteiger partial charge on any atom is -0.385 e. The van der Waals surface area contributed by atoms with E-state index in [1.54, 1.807) is 12.1 Å². The number of hydrogen-bond acceptors (Lipinski definition) is 8. The van der Waals surface area contributed by atoms with E-state index < -0.39 is 20.2 Å². The molecule has 0 aromatic heterocycles. The molecule has 186 valence electrons. The first kappa shape index (κ1) is 25.4. The predicted octanol–water partition coefficient (Wildman–Crippen LogP) is 3.33. The maximum absolute atomic E-state index is 12.3. The second-order valence-corrected chi connectivity index (χ2v) is 11.4. The molecule has 6 N–H and O–H groups in total. The molecule has 0 aliphatic heterocycles. The van der Waals surface area contributed by atoms with E-state index in [9.17, 15) is 30.7 Å². The molecule has 0 aliphatic carbocycles. The number of anilines is 1. The molecule has 1 amide bonds. The van der Waals surface area contributed by atoms with Crippen LogP contribution in [0.4, 0.5) is 5.69 Å². The van der Waals surface area contributed by atoms with Crippen LogP contribution in [0.1, 0.15) is 25.7 Å². The molecule has 35 heavy (non-hydrogen) atoms. The van der Waals surface area contributed by atoms with E-state index in [0.717, 1.165) is 6.42 Å². The van der Waals surface area contributed by atoms with Gasteiger partial charge in [0, 0.05) is 45.1 Å². The van der Waals surface area contributed by atoms with E-state index in [4.69, 9.17) is 5.84 Å². The lowest BCUT2D eigenvalue weighted by molar-refractivity contribution is -0.121. The average Bonchev–Trinajstić information content (AvgIpc) is 2.79. The molecule has 0 aliphatic rings. The van der Waals surface area contributed by atoms with E-state index >= 15 is 0 Å². The quantitative estimate of drug-likeness (QED) is 0.0356. The number of unbranched alkanes of at least 4 members (excludes halogenated alkanes) is 2. The minimum atomic E-state index is -4.63. The zero-order chi connectivity index (χ0) is 25.5. The summed E-state index contributed by atoms with van der Waals surface area (Å²) < 4.78 is 68.4. The highest BCUT2D eigenvalue weighted by atomic mass is 32.2. The van der Waals surface area contributed by atoms with Crippen LogP contribution in [0.25, 0.3) is 32.3 Å². The lowest BCUT2D eigenvalue weighted by atomic mass is 9.93. The molecular weight excluding hydrogens is 514 g/mol. The maximum Gasteiger partial charge on any atom is 0.295 e. The highest BCUT2D eigenvalue weighted by Crippen LogP contribution is 2.44. The molecular formula is C22H23N3O7S3. The number of hydrogen-bond donors (Lipinski definition) is 6. The summed E-state index contributed by atoms with van der Waals surface area (Å²) in [6.45, 7) is 0.452. The summed E-state index contributed by atoms with van der Waals surface area (Å²) in [5.41, 5.74) is 2.50. The predicted molar refractivity (Wildman–Crippen MR) is 136 cm³/mol. The Bertz CT molecular complexity index is 1670. The van der Waals surface area contributed by atoms with Crippen LogP contribution in [0.5, 0.6) is 0 Å². The lowest BCUT2D eigenvalue weighted by Gasteiger charge is -2.19. The summed E-state index contributed by atoms with van der Waals surface area (Å²) >= 11 is 4.38. The molecule has 4 aromatic carbocycles. The monoisotopic (exact) mass is 537 g/mol. The van der Waals surface area contributed by atoms with Gasteiger partial charge in [0.25, 0.3) is 20.2 Å². The third kappa shape index (κ3) is 4.87. The smallest absolute Gasteiger partial charge is 0.295 e. The summed E-state index contributed by atoms with van der Waals surface area (Å²) in [7, 11) is -9.23. The van der Waals surface area contributed by atoms with Gasteiger partial charge in [0.1, 0.15) is 9.79 Å². The van der Waals surface area contributed by atoms with Gasteiger partial charge in [0.05, 0.1) is 0 Å². The van der Waals surface area contributed by atoms with Gasteiger partial charge in [0.2, 0.25) is 5.91 Å². The Balaban J connectivity index is 1.87. The van der Waals surface area contributed by atoms with Gasteiger partial charge >= 0.3 is 0 Å². The minimum absolute atomic E-state index is 0.204. The SMILES string of the molecule is NNC(=O)CCCCCNc1cc(S(=O)(=O)O)c2ccc3c(S(=O)(=O)O)cc(S)c4ccc1c2c43. The fraction of sp³-hybridized carbons (Fsp3) is 0.227. The fourth-order valence-electron chi connectivity index (χ4n) is 4.37. The van der Waals surface area contributed by atoms with Gasteiger partial charge < -0.3 is 5.32 Å². The second-order valence-electron chi connectivity index (χ2n) is 8.14. The number of hydrazine groups is 1. The van der Waals surface area contributed by atoms with Gasteiger partial charge in [-0.25, -0.2) is 5.84 Å². The molecule has 0 saturated heterocycles. The van der Waals surface area contributed by atoms with E-state index in [0.29, 0.717) is 53.0 Å². The number of thiol groups is 1. The van der Waals surface area contributed by atoms with E-state index in [-0.39, 0.29) is 31.4 Å². The number of carbonyl (C=O) groups is 1. The Kier molecular flexibility index (Phi) is 6.83. The van der Waals surface area contributed by atoms with Crippen molar-refractivity contribution in [1.82, 2.24) is 5.43 Å². The average molecular weight is 538 g/mol. The molecule has 13 heteroatoms. The standard InChI is InChI=1S/C22H23N3O7S3/c23-25-20(26)4-2-1-3-9-24-16-10-18(34(27,28)29)14-7-8-15-19(35(30,31)32)11-17(33)13-6-5-12(16)21(14)22(13)15/h5-8,10-11,24,33H,1-4,9,23H2,(H,25,26)(H,27,28,29)(H,30,31,32). The van der Waals surface area contributed by atoms with Crippen molar-refractivity contribution >= 4 is 76.8 Å². The molecule has 4 rings (SSSR count). The lowest BCUT2D eigenvalue weighted by Crippen LogP contribution is -2.29. The number of benzene rings is 4. The molecule has 0 atom stereocenters. The summed E-state index contributed by atoms with van der Waals surface area (Å²) in [5, 5.41) is 5.58. The van der Waals surface area contributed by atoms with Crippen LogP contribution in [0.15, 0.2) is 51.1 Å². The van der Waals surface area contributed by atoms with Crippen LogP contribution in [-0.2, 0) is 25.0 Å². The van der Waals surface area contributed by atoms with Crippen LogP contribution in [0, 0.1) is 0 Å². The third-order valence-electron chi connectivity index (χ3n) is 5.91. The summed E-state index contributed by atoms with van der Waals surface area (Å²) in [6.07, 6.45) is 2.32. The first-order valence-corrected chi connectivity index (χ1v) is 13.9. The van der Waals surface area contributed by atoms with Crippen molar-refractivity contribution in [1.29, 1.82) is 0 Å². The summed E-state index contributed by atoms with van der Waals surface area (Å²) in [6, 6.07) is 8.90. The zero-order valence-electron chi connectivity index (χ0n) is 18.3. The Morgan fingerprint density at radius 1 is 0.829 bits per heavy atom. The topological polar surface area (TPSA) is 176 Å². The molecule has 4 aromatic rings. The van der Waals surface area contributed by atoms with Crippen LogP contribution in [-0.4, -0.2) is 38.4 Å². The van der Waals surface area contributed by atoms with Crippen LogP contribution >= 0.6 is 12.6 Å². The van der Waals surface area contributed by atoms with Crippen LogP contribution in [0.2, 0.25) is 0 Å². The van der Waals surface area contributed by atoms with Crippen LogP contribution in [0.3, 0.4) is 0 Å². The van der Waals surface area contributed by atoms with Crippen molar-refractivity contribution in [3.8, 4) is 0 Å². The Morgan fingerprint density at radius 3 is 1.97 bits per heavy atom. The molecule has 0 heterocycles. The van der Waals surface area contributed by atoms with Crippen molar-refractivity contribution in [2.24, 2.45) is 5.84 Å². The van der Waals surface area contributed by atoms with Gasteiger partial charge in [-0.15, -0.1) is 12.6 Å². The van der Waals surface area contributed by atoms with Crippen LogP contribution < -0.4 is 16.6 Å². The van der Waals surface area contributed by atoms with E-state index in [1.165, 1.54) is 24.3 Å². The van der Waals surface area contributed by atoms with E-state index in [2.05, 4.69) is 23.4 Å². The fourth-order valence-corrected chi connectivity index (χ4v) is 6.20. The molecule has 0 saturated carbocycles. The molecule has 0 spiro atoms. The largest absolute Gasteiger partial charge is 0.385 e. The number of nitrogens with one attached hydrogen (secondary N) is 2. The Morgan fingerprint density at radius 2 is 1.37 bits per heavy atom. The molecule has 10 nitrogen and oxygen atoms in total. The number of amides is 1. The van der Waals surface area contributed by atoms with Gasteiger partial charge in [-0.2, -0.15) is 16.8 Å². The zero-order valence-corrected chi connectivity index (χ0v) is 20.8. The molecule has 0 radical (unpaired) electrons. The maximum atomic E-state index is 12.3. The van der Waals surface area contributed by atoms with Crippen molar-refractivity contribution in [2.75, 3.05) is 11.9 Å². The first-order valence-electron chi connectivity index (χ1n) is 10.6. The molecule has 0 bridgehead atoms. The first-order chi connectivity index (χ1) is 16.4. The third-order valence-corrected chi connectivity index (χ3v) is 8.07.